The fourth-order valence-corrected chi connectivity index (χ4v) is 3.72. The molecule has 0 N–H and O–H groups in total. The van der Waals surface area contributed by atoms with E-state index in [0.29, 0.717) is 16.8 Å². The van der Waals surface area contributed by atoms with Crippen LogP contribution in [-0.2, 0) is 12.7 Å². The molecule has 2 heteroatoms. The van der Waals surface area contributed by atoms with E-state index in [9.17, 15) is 0 Å². The van der Waals surface area contributed by atoms with Gasteiger partial charge in [0.2, 0.25) is 0 Å². The Balaban J connectivity index is 2.02. The molecule has 0 bridgehead atoms. The Kier molecular flexibility index (Phi) is 3.91. The minimum absolute atomic E-state index is 0.288. The molecular weight excluding hydrogens is 366 g/mol. The van der Waals surface area contributed by atoms with Gasteiger partial charge in [-0.1, -0.05) is 65.8 Å². The van der Waals surface area contributed by atoms with E-state index in [1.807, 2.05) is 72.7 Å². The van der Waals surface area contributed by atoms with Crippen molar-refractivity contribution in [3.8, 4) is 11.3 Å². The van der Waals surface area contributed by atoms with Crippen molar-refractivity contribution >= 4 is 21.9 Å². The van der Waals surface area contributed by atoms with Crippen molar-refractivity contribution in [3.05, 3.63) is 65.4 Å². The van der Waals surface area contributed by atoms with Crippen LogP contribution < -0.4 is 0 Å². The van der Waals surface area contributed by atoms with Gasteiger partial charge >= 0.3 is 0 Å². The van der Waals surface area contributed by atoms with E-state index < -0.39 is 23.6 Å². The van der Waals surface area contributed by atoms with Crippen LogP contribution in [0.15, 0.2) is 53.1 Å². The first-order chi connectivity index (χ1) is 15.6. The molecule has 0 saturated carbocycles. The molecule has 0 saturated heterocycles. The van der Waals surface area contributed by atoms with Crippen LogP contribution in [0.25, 0.3) is 33.2 Å². The smallest absolute Gasteiger partial charge is 0.144 e. The average molecular weight is 404 g/mol. The zero-order valence-corrected chi connectivity index (χ0v) is 19.0. The Morgan fingerprint density at radius 3 is 2.27 bits per heavy atom. The average Bonchev–Trinajstić information content (AvgIpc) is 3.09. The molecule has 156 valence electrons. The van der Waals surface area contributed by atoms with E-state index in [0.717, 1.165) is 27.5 Å². The van der Waals surface area contributed by atoms with Crippen molar-refractivity contribution in [2.24, 2.45) is 10.8 Å². The van der Waals surface area contributed by atoms with Gasteiger partial charge in [-0.2, -0.15) is 0 Å². The molecule has 0 fully saturated rings. The molecule has 0 unspecified atom stereocenters. The number of nitrogens with zero attached hydrogens (tertiary/aromatic N) is 1. The number of aryl methyl sites for hydroxylation is 1. The summed E-state index contributed by atoms with van der Waals surface area (Å²) in [5.41, 5.74) is 3.06. The predicted octanol–water partition coefficient (Wildman–Crippen LogP) is 8.13. The molecular formula is C28H33NO. The highest BCUT2D eigenvalue weighted by atomic mass is 16.3. The minimum Gasteiger partial charge on any atom is -0.455 e. The third kappa shape index (κ3) is 4.28. The summed E-state index contributed by atoms with van der Waals surface area (Å²) in [6.45, 7) is 13.0. The van der Waals surface area contributed by atoms with Crippen LogP contribution in [0.3, 0.4) is 0 Å². The highest BCUT2D eigenvalue weighted by Crippen LogP contribution is 2.37. The highest BCUT2D eigenvalue weighted by Gasteiger charge is 2.20. The molecule has 0 aliphatic heterocycles. The monoisotopic (exact) mass is 403 g/mol. The molecule has 2 heterocycles. The fourth-order valence-electron chi connectivity index (χ4n) is 3.72. The molecule has 0 aliphatic carbocycles. The van der Waals surface area contributed by atoms with Crippen LogP contribution in [-0.4, -0.2) is 4.98 Å². The lowest BCUT2D eigenvalue weighted by molar-refractivity contribution is 0.392. The second-order valence-electron chi connectivity index (χ2n) is 10.1. The van der Waals surface area contributed by atoms with Crippen molar-refractivity contribution in [3.63, 3.8) is 0 Å². The minimum atomic E-state index is -1.79. The molecule has 30 heavy (non-hydrogen) atoms. The van der Waals surface area contributed by atoms with E-state index in [1.54, 1.807) is 6.07 Å². The third-order valence-corrected chi connectivity index (χ3v) is 4.85. The van der Waals surface area contributed by atoms with Gasteiger partial charge in [-0.15, -0.1) is 0 Å². The number of benzene rings is 2. The van der Waals surface area contributed by atoms with Gasteiger partial charge < -0.3 is 4.42 Å². The van der Waals surface area contributed by atoms with Gasteiger partial charge in [0.15, 0.2) is 0 Å². The quantitative estimate of drug-likeness (QED) is 0.345. The first-order valence-electron chi connectivity index (χ1n) is 12.5. The summed E-state index contributed by atoms with van der Waals surface area (Å²) >= 11 is 0. The van der Waals surface area contributed by atoms with Gasteiger partial charge in [0.25, 0.3) is 0 Å². The number of rotatable bonds is 3. The number of aromatic nitrogens is 1. The molecule has 0 atom stereocenters. The molecule has 2 nitrogen and oxygen atoms in total. The van der Waals surface area contributed by atoms with E-state index in [-0.39, 0.29) is 5.56 Å². The molecule has 0 radical (unpaired) electrons. The molecule has 0 spiro atoms. The Morgan fingerprint density at radius 2 is 1.57 bits per heavy atom. The maximum absolute atomic E-state index is 9.03. The fraction of sp³-hybridized carbons (Fsp3) is 0.393. The van der Waals surface area contributed by atoms with Gasteiger partial charge in [-0.05, 0) is 65.4 Å². The molecule has 4 aromatic rings. The number of furan rings is 1. The molecule has 2 aromatic carbocycles. The first-order valence-corrected chi connectivity index (χ1v) is 10.5. The van der Waals surface area contributed by atoms with Gasteiger partial charge in [0.1, 0.15) is 11.2 Å². The second-order valence-corrected chi connectivity index (χ2v) is 10.1. The van der Waals surface area contributed by atoms with Crippen molar-refractivity contribution < 1.29 is 9.90 Å². The summed E-state index contributed by atoms with van der Waals surface area (Å²) < 4.78 is 42.1. The maximum atomic E-state index is 9.03. The standard InChI is InChI=1S/C28H33NO/c1-18-11-12-21-22-9-8-10-23(26(22)30-25(21)13-18)24-14-19(15-27(2,3)4)20(17-29-24)16-28(5,6)7/h8-14,17H,15-16H2,1-7H3/i15D2,16D2. The van der Waals surface area contributed by atoms with Gasteiger partial charge in [-0.3, -0.25) is 4.98 Å². The first kappa shape index (κ1) is 16.1. The van der Waals surface area contributed by atoms with E-state index >= 15 is 0 Å². The lowest BCUT2D eigenvalue weighted by Crippen LogP contribution is -2.15. The van der Waals surface area contributed by atoms with Crippen LogP contribution in [0.1, 0.15) is 63.7 Å². The van der Waals surface area contributed by atoms with Crippen molar-refractivity contribution in [1.29, 1.82) is 0 Å². The predicted molar refractivity (Wildman–Crippen MR) is 128 cm³/mol. The third-order valence-electron chi connectivity index (χ3n) is 4.85. The summed E-state index contributed by atoms with van der Waals surface area (Å²) in [4.78, 5) is 4.66. The Hall–Kier alpha value is -2.61. The van der Waals surface area contributed by atoms with Crippen LogP contribution in [0, 0.1) is 17.8 Å². The van der Waals surface area contributed by atoms with Crippen LogP contribution in [0.5, 0.6) is 0 Å². The number of fused-ring (bicyclic) bond motifs is 3. The van der Waals surface area contributed by atoms with E-state index in [4.69, 9.17) is 9.90 Å². The lowest BCUT2D eigenvalue weighted by atomic mass is 9.81. The molecule has 2 aromatic heterocycles. The number of hydrogen-bond acceptors (Lipinski definition) is 2. The SMILES string of the molecule is [2H]C([2H])(c1cnc(-c2cccc3c2oc2cc(C)ccc23)cc1C([2H])([2H])C(C)(C)C)C(C)(C)C. The zero-order chi connectivity index (χ0) is 25.3. The Morgan fingerprint density at radius 1 is 0.867 bits per heavy atom. The van der Waals surface area contributed by atoms with Crippen molar-refractivity contribution in [2.45, 2.75) is 61.2 Å². The molecule has 0 amide bonds. The summed E-state index contributed by atoms with van der Waals surface area (Å²) in [6, 6.07) is 13.7. The van der Waals surface area contributed by atoms with E-state index in [2.05, 4.69) is 17.1 Å². The topological polar surface area (TPSA) is 26.0 Å². The van der Waals surface area contributed by atoms with Crippen LogP contribution in [0.4, 0.5) is 0 Å². The normalized spacial score (nSPS) is 15.7. The van der Waals surface area contributed by atoms with Crippen molar-refractivity contribution in [2.75, 3.05) is 0 Å². The Bertz CT molecular complexity index is 1390. The second kappa shape index (κ2) is 7.27. The molecule has 0 aliphatic rings. The maximum Gasteiger partial charge on any atom is 0.144 e. The van der Waals surface area contributed by atoms with Crippen LogP contribution >= 0.6 is 0 Å². The lowest BCUT2D eigenvalue weighted by Gasteiger charge is -2.24. The van der Waals surface area contributed by atoms with E-state index in [1.165, 1.54) is 6.20 Å². The van der Waals surface area contributed by atoms with Crippen molar-refractivity contribution in [1.82, 2.24) is 4.98 Å². The van der Waals surface area contributed by atoms with Crippen LogP contribution in [0.2, 0.25) is 0 Å². The van der Waals surface area contributed by atoms with Gasteiger partial charge in [-0.25, -0.2) is 0 Å². The Labute approximate surface area is 186 Å². The highest BCUT2D eigenvalue weighted by molar-refractivity contribution is 6.09. The van der Waals surface area contributed by atoms with Gasteiger partial charge in [0, 0.05) is 28.0 Å². The largest absolute Gasteiger partial charge is 0.455 e. The summed E-state index contributed by atoms with van der Waals surface area (Å²) in [5.74, 6) is 0. The number of hydrogen-bond donors (Lipinski definition) is 0. The summed E-state index contributed by atoms with van der Waals surface area (Å²) in [7, 11) is 0. The zero-order valence-electron chi connectivity index (χ0n) is 23.0. The number of pyridine rings is 1. The van der Waals surface area contributed by atoms with Gasteiger partial charge in [0.05, 0.1) is 5.69 Å². The molecule has 4 rings (SSSR count). The summed E-state index contributed by atoms with van der Waals surface area (Å²) in [6.07, 6.45) is -2.06. The number of para-hydroxylation sites is 1. The summed E-state index contributed by atoms with van der Waals surface area (Å²) in [5, 5.41) is 2.00.